The molecule has 3 fully saturated rings. The fourth-order valence-electron chi connectivity index (χ4n) is 15.1. The van der Waals surface area contributed by atoms with Crippen molar-refractivity contribution < 1.29 is 28.4 Å². The minimum absolute atomic E-state index is 0. The van der Waals surface area contributed by atoms with E-state index in [9.17, 15) is 4.79 Å². The van der Waals surface area contributed by atoms with Crippen molar-refractivity contribution in [3.05, 3.63) is 243 Å². The highest BCUT2D eigenvalue weighted by molar-refractivity contribution is 5.85. The fraction of sp³-hybridized carbons (Fsp3) is 0.360. The Morgan fingerprint density at radius 2 is 0.878 bits per heavy atom. The molecular formula is C89H103ClN18O7. The predicted molar refractivity (Wildman–Crippen MR) is 455 cm³/mol. The van der Waals surface area contributed by atoms with Gasteiger partial charge in [0.25, 0.3) is 0 Å². The standard InChI is InChI=1S/C33H38N6O3.C30H32N6O2.C26H32N6O2.ClH/c1-24-22-41-20-18-39(24)33-28-15-16-38(17-19-40-2)21-29(28)35-32(37-33)26-11-13-27(14-12-26)34-30-9-6-10-31(36-30)42-23-25-7-4-3-5-8-25;1-21-19-37-17-16-36(21)30-25-14-15-31-18-26(25)33-29(35-30)23-10-12-24(13-11-23)32-27-8-5-9-28(34-27)38-20-22-6-3-2-4-7-22;1-3-12-31-13-11-21-22(16-31)28-25(30-26(21)32-14-15-34-17-18(32)2)19-7-9-20(10-8-19)27-23-5-4-6-24(33)29-23;/h3-14,24H,15-23H2,1-2H3,(H,34,36);2-13,21,31H,14-20H2,1H3,(H,32,34);4-10,18H,3,11-17H2,1-2H3,(H2,27,29,33);1H/t24-;21-;18-;/m000./s1. The number of rotatable bonds is 23. The lowest BCUT2D eigenvalue weighted by Gasteiger charge is -2.37. The molecule has 0 aliphatic carbocycles. The van der Waals surface area contributed by atoms with Gasteiger partial charge in [-0.05, 0) is 162 Å². The highest BCUT2D eigenvalue weighted by Gasteiger charge is 2.33. The zero-order chi connectivity index (χ0) is 78.0. The monoisotopic (exact) mass is 1570 g/mol. The van der Waals surface area contributed by atoms with Crippen molar-refractivity contribution in [2.75, 3.05) is 136 Å². The van der Waals surface area contributed by atoms with Crippen molar-refractivity contribution in [1.29, 1.82) is 0 Å². The third kappa shape index (κ3) is 20.9. The summed E-state index contributed by atoms with van der Waals surface area (Å²) in [6.07, 6.45) is 4.00. The molecule has 0 bridgehead atoms. The van der Waals surface area contributed by atoms with Crippen molar-refractivity contribution in [3.63, 3.8) is 0 Å². The summed E-state index contributed by atoms with van der Waals surface area (Å²) < 4.78 is 34.2. The first-order valence-corrected chi connectivity index (χ1v) is 40.0. The zero-order valence-corrected chi connectivity index (χ0v) is 67.0. The Kier molecular flexibility index (Phi) is 27.6. The minimum atomic E-state index is -0.133. The normalized spacial score (nSPS) is 17.4. The van der Waals surface area contributed by atoms with E-state index >= 15 is 0 Å². The molecular weight excluding hydrogens is 1470 g/mol. The van der Waals surface area contributed by atoms with Gasteiger partial charge in [-0.2, -0.15) is 9.97 Å². The Morgan fingerprint density at radius 3 is 1.31 bits per heavy atom. The summed E-state index contributed by atoms with van der Waals surface area (Å²) in [4.78, 5) is 66.1. The van der Waals surface area contributed by atoms with Gasteiger partial charge in [-0.25, -0.2) is 29.9 Å². The number of nitrogens with zero attached hydrogens (tertiary/aromatic N) is 13. The summed E-state index contributed by atoms with van der Waals surface area (Å²) in [6.45, 7) is 24.8. The molecule has 0 amide bonds. The van der Waals surface area contributed by atoms with Crippen LogP contribution in [0.2, 0.25) is 0 Å². The van der Waals surface area contributed by atoms with Crippen LogP contribution in [0.3, 0.4) is 0 Å². The maximum Gasteiger partial charge on any atom is 0.249 e. The van der Waals surface area contributed by atoms with E-state index in [1.165, 1.54) is 22.8 Å². The Labute approximate surface area is 679 Å². The number of halogens is 1. The number of fused-ring (bicyclic) bond motifs is 3. The quantitative estimate of drug-likeness (QED) is 0.0399. The average molecular weight is 1570 g/mol. The maximum absolute atomic E-state index is 11.6. The minimum Gasteiger partial charge on any atom is -0.473 e. The lowest BCUT2D eigenvalue weighted by atomic mass is 10.0. The molecule has 115 heavy (non-hydrogen) atoms. The molecule has 598 valence electrons. The number of anilines is 9. The van der Waals surface area contributed by atoms with E-state index in [1.807, 2.05) is 152 Å². The average Bonchev–Trinajstić information content (AvgIpc) is 0.791. The molecule has 25 nitrogen and oxygen atoms in total. The first-order chi connectivity index (χ1) is 56.0. The van der Waals surface area contributed by atoms with Crippen LogP contribution in [0.25, 0.3) is 34.2 Å². The van der Waals surface area contributed by atoms with E-state index in [4.69, 9.17) is 58.3 Å². The lowest BCUT2D eigenvalue weighted by molar-refractivity contribution is 0.0982. The van der Waals surface area contributed by atoms with Gasteiger partial charge in [-0.15, -0.1) is 12.4 Å². The zero-order valence-electron chi connectivity index (χ0n) is 66.2. The molecule has 0 saturated carbocycles. The van der Waals surface area contributed by atoms with Gasteiger partial charge in [-0.1, -0.05) is 85.8 Å². The van der Waals surface area contributed by atoms with E-state index in [-0.39, 0.29) is 36.1 Å². The van der Waals surface area contributed by atoms with Crippen LogP contribution in [0.1, 0.15) is 79.0 Å². The first-order valence-electron chi connectivity index (χ1n) is 40.0. The summed E-state index contributed by atoms with van der Waals surface area (Å²) in [5.74, 6) is 8.69. The second-order valence-electron chi connectivity index (χ2n) is 29.5. The van der Waals surface area contributed by atoms with Gasteiger partial charge in [0.05, 0.1) is 81.5 Å². The molecule has 0 radical (unpaired) electrons. The summed E-state index contributed by atoms with van der Waals surface area (Å²) in [6, 6.07) is 62.0. The number of pyridine rings is 3. The number of aromatic amines is 1. The number of nitrogens with one attached hydrogen (secondary N) is 5. The SMILES string of the molecule is CCCN1CCc2c(nc(-c3ccc(Nc4cccc(=O)[nH]4)cc3)nc2N2CCOC[C@@H]2C)C1.COCCN1CCc2c(nc(-c3ccc(Nc4cccc(OCc5ccccc5)n4)cc3)nc2N2CCOC[C@@H]2C)C1.C[C@H]1COCCN1c1nc(-c2ccc(Nc3cccc(OCc4ccccc4)n3)cc2)nc2c1CCNC2.Cl. The molecule has 0 unspecified atom stereocenters. The second kappa shape index (κ2) is 39.4. The fourth-order valence-corrected chi connectivity index (χ4v) is 15.1. The van der Waals surface area contributed by atoms with Crippen LogP contribution >= 0.6 is 12.4 Å². The number of hydrogen-bond acceptors (Lipinski definition) is 24. The van der Waals surface area contributed by atoms with Crippen molar-refractivity contribution in [2.45, 2.75) is 104 Å². The molecule has 3 atom stereocenters. The van der Waals surface area contributed by atoms with Crippen molar-refractivity contribution in [3.8, 4) is 45.9 Å². The summed E-state index contributed by atoms with van der Waals surface area (Å²) in [5.41, 5.74) is 14.9. The molecule has 3 saturated heterocycles. The Balaban J connectivity index is 0.000000143. The smallest absolute Gasteiger partial charge is 0.249 e. The molecule has 11 aromatic rings. The Hall–Kier alpha value is -11.0. The molecule has 26 heteroatoms. The van der Waals surface area contributed by atoms with E-state index in [0.717, 1.165) is 233 Å². The molecule has 6 aliphatic heterocycles. The third-order valence-corrected chi connectivity index (χ3v) is 21.2. The molecule has 12 heterocycles. The van der Waals surface area contributed by atoms with Crippen molar-refractivity contribution in [1.82, 2.24) is 60.0 Å². The van der Waals surface area contributed by atoms with Crippen LogP contribution in [-0.2, 0) is 71.1 Å². The molecule has 5 aromatic carbocycles. The topological polar surface area (TPSA) is 256 Å². The second-order valence-corrected chi connectivity index (χ2v) is 29.5. The summed E-state index contributed by atoms with van der Waals surface area (Å²) >= 11 is 0. The Bertz CT molecular complexity index is 5040. The highest BCUT2D eigenvalue weighted by atomic mass is 35.5. The third-order valence-electron chi connectivity index (χ3n) is 21.2. The van der Waals surface area contributed by atoms with Crippen LogP contribution in [-0.4, -0.2) is 178 Å². The van der Waals surface area contributed by atoms with Crippen LogP contribution in [0.15, 0.2) is 193 Å². The number of H-pyrrole nitrogens is 1. The van der Waals surface area contributed by atoms with Gasteiger partial charge in [-0.3, -0.25) is 14.6 Å². The van der Waals surface area contributed by atoms with E-state index < -0.39 is 0 Å². The Morgan fingerprint density at radius 1 is 0.452 bits per heavy atom. The highest BCUT2D eigenvalue weighted by Crippen LogP contribution is 2.36. The lowest BCUT2D eigenvalue weighted by Crippen LogP contribution is -2.45. The first kappa shape index (κ1) is 80.6. The van der Waals surface area contributed by atoms with Crippen LogP contribution in [0, 0.1) is 0 Å². The van der Waals surface area contributed by atoms with Gasteiger partial charge < -0.3 is 69.4 Å². The van der Waals surface area contributed by atoms with E-state index in [2.05, 4.69) is 113 Å². The van der Waals surface area contributed by atoms with Gasteiger partial charge >= 0.3 is 0 Å². The predicted octanol–water partition coefficient (Wildman–Crippen LogP) is 13.8. The number of morpholine rings is 3. The summed E-state index contributed by atoms with van der Waals surface area (Å²) in [7, 11) is 1.75. The molecule has 6 aliphatic rings. The van der Waals surface area contributed by atoms with Crippen molar-refractivity contribution in [2.24, 2.45) is 0 Å². The van der Waals surface area contributed by atoms with Gasteiger partial charge in [0.15, 0.2) is 17.5 Å². The molecule has 17 rings (SSSR count). The van der Waals surface area contributed by atoms with Crippen molar-refractivity contribution >= 4 is 64.4 Å². The number of ether oxygens (including phenoxy) is 6. The molecule has 0 spiro atoms. The van der Waals surface area contributed by atoms with Gasteiger partial charge in [0.1, 0.15) is 48.1 Å². The van der Waals surface area contributed by atoms with Crippen LogP contribution < -0.4 is 51.0 Å². The van der Waals surface area contributed by atoms with E-state index in [0.29, 0.717) is 50.6 Å². The molecule has 6 aromatic heterocycles. The number of methoxy groups -OCH3 is 1. The largest absolute Gasteiger partial charge is 0.473 e. The van der Waals surface area contributed by atoms with Crippen LogP contribution in [0.4, 0.5) is 52.0 Å². The van der Waals surface area contributed by atoms with Gasteiger partial charge in [0.2, 0.25) is 17.3 Å². The van der Waals surface area contributed by atoms with Gasteiger partial charge in [0, 0.05) is 135 Å². The van der Waals surface area contributed by atoms with E-state index in [1.54, 1.807) is 13.2 Å². The number of aromatic nitrogens is 9. The molecule has 5 N–H and O–H groups in total. The summed E-state index contributed by atoms with van der Waals surface area (Å²) in [5, 5.41) is 13.5. The number of benzene rings is 5. The number of hydrogen-bond donors (Lipinski definition) is 5. The maximum atomic E-state index is 11.6. The van der Waals surface area contributed by atoms with Crippen LogP contribution in [0.5, 0.6) is 11.8 Å².